The Kier molecular flexibility index (Phi) is 8.67. The van der Waals surface area contributed by atoms with E-state index in [1.807, 2.05) is 38.1 Å². The highest BCUT2D eigenvalue weighted by molar-refractivity contribution is 8.13. The fourth-order valence-electron chi connectivity index (χ4n) is 2.56. The number of para-hydroxylation sites is 2. The Morgan fingerprint density at radius 2 is 2.18 bits per heavy atom. The molecule has 0 saturated carbocycles. The summed E-state index contributed by atoms with van der Waals surface area (Å²) in [5, 5.41) is 4.19. The van der Waals surface area contributed by atoms with Crippen molar-refractivity contribution in [3.8, 4) is 5.75 Å². The summed E-state index contributed by atoms with van der Waals surface area (Å²) in [4.78, 5) is 19.5. The van der Waals surface area contributed by atoms with Crippen LogP contribution in [0.5, 0.6) is 5.75 Å². The molecule has 0 atom stereocenters. The fourth-order valence-corrected chi connectivity index (χ4v) is 3.61. The molecular formula is C21H26ClN3O2S. The summed E-state index contributed by atoms with van der Waals surface area (Å²) >= 11 is 7.80. The normalized spacial score (nSPS) is 15.3. The summed E-state index contributed by atoms with van der Waals surface area (Å²) in [6, 6.07) is 7.02. The fraction of sp³-hybridized carbons (Fsp3) is 0.333. The second-order valence-electron chi connectivity index (χ2n) is 6.01. The van der Waals surface area contributed by atoms with Crippen molar-refractivity contribution in [1.29, 1.82) is 0 Å². The molecule has 0 unspecified atom stereocenters. The van der Waals surface area contributed by atoms with Gasteiger partial charge in [0.25, 0.3) is 0 Å². The number of benzene rings is 1. The molecule has 0 aromatic heterocycles. The van der Waals surface area contributed by atoms with Crippen LogP contribution < -0.4 is 10.1 Å². The van der Waals surface area contributed by atoms with E-state index in [2.05, 4.69) is 16.9 Å². The third-order valence-electron chi connectivity index (χ3n) is 4.02. The van der Waals surface area contributed by atoms with Crippen LogP contribution in [0.4, 0.5) is 10.5 Å². The minimum absolute atomic E-state index is 0.328. The van der Waals surface area contributed by atoms with Crippen LogP contribution in [0.1, 0.15) is 27.2 Å². The molecule has 0 bridgehead atoms. The largest absolute Gasteiger partial charge is 0.492 e. The van der Waals surface area contributed by atoms with E-state index in [1.54, 1.807) is 35.7 Å². The van der Waals surface area contributed by atoms with Crippen LogP contribution in [0.3, 0.4) is 0 Å². The molecule has 0 aliphatic carbocycles. The molecule has 1 aromatic rings. The second kappa shape index (κ2) is 11.0. The molecule has 7 heteroatoms. The highest BCUT2D eigenvalue weighted by Gasteiger charge is 2.27. The zero-order valence-corrected chi connectivity index (χ0v) is 18.1. The van der Waals surface area contributed by atoms with Crippen molar-refractivity contribution in [2.75, 3.05) is 24.2 Å². The van der Waals surface area contributed by atoms with Crippen LogP contribution in [-0.4, -0.2) is 35.0 Å². The van der Waals surface area contributed by atoms with Crippen LogP contribution >= 0.6 is 23.4 Å². The molecule has 2 rings (SSSR count). The molecule has 1 N–H and O–H groups in total. The molecule has 150 valence electrons. The number of anilines is 1. The van der Waals surface area contributed by atoms with Crippen LogP contribution in [0.2, 0.25) is 0 Å². The number of allylic oxidation sites excluding steroid dienone is 4. The number of aliphatic imine (C=N–C) groups is 1. The van der Waals surface area contributed by atoms with E-state index in [9.17, 15) is 4.79 Å². The second-order valence-corrected chi connectivity index (χ2v) is 7.64. The number of ether oxygens (including phenoxy) is 1. The Labute approximate surface area is 176 Å². The van der Waals surface area contributed by atoms with Gasteiger partial charge in [-0.1, -0.05) is 48.2 Å². The molecule has 28 heavy (non-hydrogen) atoms. The predicted octanol–water partition coefficient (Wildman–Crippen LogP) is 6.01. The van der Waals surface area contributed by atoms with Crippen molar-refractivity contribution in [3.05, 3.63) is 59.3 Å². The first-order chi connectivity index (χ1) is 13.5. The van der Waals surface area contributed by atoms with Crippen LogP contribution in [0, 0.1) is 0 Å². The summed E-state index contributed by atoms with van der Waals surface area (Å²) in [5.41, 5.74) is 2.02. The number of hydrogen-bond donors (Lipinski definition) is 1. The standard InChI is InChI=1S/C21H26ClN3O2S/c1-5-10-18(15(3)16(4)22)25(21-23-13-9-14-28-21)20(26)24-17-11-7-8-12-19(17)27-6-2/h5,7-8,10-12H,1,6,9,13-14H2,2-4H3,(H,24,26). The first-order valence-electron chi connectivity index (χ1n) is 9.15. The summed E-state index contributed by atoms with van der Waals surface area (Å²) < 4.78 is 5.63. The van der Waals surface area contributed by atoms with Gasteiger partial charge >= 0.3 is 6.03 Å². The number of carbonyl (C=O) groups excluding carboxylic acids is 1. The number of rotatable bonds is 6. The Morgan fingerprint density at radius 3 is 2.79 bits per heavy atom. The average molecular weight is 420 g/mol. The summed E-state index contributed by atoms with van der Waals surface area (Å²) in [6.07, 6.45) is 4.40. The van der Waals surface area contributed by atoms with Gasteiger partial charge < -0.3 is 10.1 Å². The van der Waals surface area contributed by atoms with E-state index >= 15 is 0 Å². The maximum absolute atomic E-state index is 13.3. The lowest BCUT2D eigenvalue weighted by Gasteiger charge is -2.29. The van der Waals surface area contributed by atoms with Crippen LogP contribution in [0.25, 0.3) is 0 Å². The maximum Gasteiger partial charge on any atom is 0.332 e. The first kappa shape index (κ1) is 22.1. The number of carbonyl (C=O) groups is 1. The Morgan fingerprint density at radius 1 is 1.43 bits per heavy atom. The molecular weight excluding hydrogens is 394 g/mol. The number of nitrogens with one attached hydrogen (secondary N) is 1. The van der Waals surface area contributed by atoms with Crippen molar-refractivity contribution >= 4 is 40.2 Å². The minimum atomic E-state index is -0.328. The lowest BCUT2D eigenvalue weighted by molar-refractivity contribution is 0.240. The molecule has 5 nitrogen and oxygen atoms in total. The highest BCUT2D eigenvalue weighted by Crippen LogP contribution is 2.29. The summed E-state index contributed by atoms with van der Waals surface area (Å²) in [5.74, 6) is 1.52. The molecule has 1 aliphatic rings. The zero-order valence-electron chi connectivity index (χ0n) is 16.5. The number of amides is 2. The molecule has 0 spiro atoms. The molecule has 2 amide bonds. The van der Waals surface area contributed by atoms with Gasteiger partial charge in [0.05, 0.1) is 18.0 Å². The van der Waals surface area contributed by atoms with Crippen molar-refractivity contribution in [2.24, 2.45) is 4.99 Å². The van der Waals surface area contributed by atoms with E-state index in [-0.39, 0.29) is 6.03 Å². The van der Waals surface area contributed by atoms with Crippen molar-refractivity contribution in [3.63, 3.8) is 0 Å². The number of amidine groups is 1. The van der Waals surface area contributed by atoms with Crippen molar-refractivity contribution in [2.45, 2.75) is 27.2 Å². The van der Waals surface area contributed by atoms with Crippen molar-refractivity contribution in [1.82, 2.24) is 4.90 Å². The van der Waals surface area contributed by atoms with Gasteiger partial charge in [0.1, 0.15) is 5.75 Å². The quantitative estimate of drug-likeness (QED) is 0.574. The van der Waals surface area contributed by atoms with Gasteiger partial charge in [0.2, 0.25) is 0 Å². The van der Waals surface area contributed by atoms with E-state index in [0.29, 0.717) is 40.5 Å². The number of urea groups is 1. The number of thioether (sulfide) groups is 1. The molecule has 0 fully saturated rings. The molecule has 0 saturated heterocycles. The van der Waals surface area contributed by atoms with E-state index in [1.165, 1.54) is 0 Å². The smallest absolute Gasteiger partial charge is 0.332 e. The third-order valence-corrected chi connectivity index (χ3v) is 5.37. The SMILES string of the molecule is C=CC=C(C(C)=C(C)Cl)N(C(=O)Nc1ccccc1OCC)C1=NCCCS1. The third kappa shape index (κ3) is 5.66. The summed E-state index contributed by atoms with van der Waals surface area (Å²) in [7, 11) is 0. The van der Waals surface area contributed by atoms with Gasteiger partial charge in [-0.15, -0.1) is 0 Å². The predicted molar refractivity (Wildman–Crippen MR) is 120 cm³/mol. The minimum Gasteiger partial charge on any atom is -0.492 e. The van der Waals surface area contributed by atoms with Crippen molar-refractivity contribution < 1.29 is 9.53 Å². The average Bonchev–Trinajstić information content (AvgIpc) is 2.69. The van der Waals surface area contributed by atoms with Crippen LogP contribution in [-0.2, 0) is 0 Å². The van der Waals surface area contributed by atoms with E-state index in [0.717, 1.165) is 17.7 Å². The Bertz CT molecular complexity index is 814. The number of halogens is 1. The van der Waals surface area contributed by atoms with E-state index in [4.69, 9.17) is 16.3 Å². The summed E-state index contributed by atoms with van der Waals surface area (Å²) in [6.45, 7) is 10.6. The zero-order chi connectivity index (χ0) is 20.5. The topological polar surface area (TPSA) is 53.9 Å². The Hall–Kier alpha value is -2.18. The van der Waals surface area contributed by atoms with Gasteiger partial charge in [-0.25, -0.2) is 9.69 Å². The molecule has 1 aromatic carbocycles. The van der Waals surface area contributed by atoms with Gasteiger partial charge in [-0.2, -0.15) is 0 Å². The monoisotopic (exact) mass is 419 g/mol. The van der Waals surface area contributed by atoms with Crippen LogP contribution in [0.15, 0.2) is 64.3 Å². The van der Waals surface area contributed by atoms with E-state index < -0.39 is 0 Å². The molecule has 1 heterocycles. The number of nitrogens with zero attached hydrogens (tertiary/aromatic N) is 2. The lowest BCUT2D eigenvalue weighted by Crippen LogP contribution is -2.39. The van der Waals surface area contributed by atoms with Gasteiger partial charge in [-0.3, -0.25) is 4.99 Å². The highest BCUT2D eigenvalue weighted by atomic mass is 35.5. The van der Waals surface area contributed by atoms with Gasteiger partial charge in [0, 0.05) is 17.3 Å². The maximum atomic E-state index is 13.3. The number of hydrogen-bond acceptors (Lipinski definition) is 4. The lowest BCUT2D eigenvalue weighted by atomic mass is 10.1. The van der Waals surface area contributed by atoms with Gasteiger partial charge in [-0.05, 0) is 51.0 Å². The first-order valence-corrected chi connectivity index (χ1v) is 10.5. The van der Waals surface area contributed by atoms with Gasteiger partial charge in [0.15, 0.2) is 5.17 Å². The molecule has 0 radical (unpaired) electrons. The molecule has 1 aliphatic heterocycles. The Balaban J connectivity index is 2.46.